The van der Waals surface area contributed by atoms with Gasteiger partial charge in [0.05, 0.1) is 0 Å². The second kappa shape index (κ2) is 12.7. The third-order valence-corrected chi connectivity index (χ3v) is 3.09. The summed E-state index contributed by atoms with van der Waals surface area (Å²) in [5, 5.41) is 0. The molecule has 0 N–H and O–H groups in total. The summed E-state index contributed by atoms with van der Waals surface area (Å²) < 4.78 is 0. The Balaban J connectivity index is 3.01. The Morgan fingerprint density at radius 3 is 1.62 bits per heavy atom. The summed E-state index contributed by atoms with van der Waals surface area (Å²) in [6.45, 7) is 4.33. The van der Waals surface area contributed by atoms with Gasteiger partial charge in [-0.25, -0.2) is 0 Å². The van der Waals surface area contributed by atoms with Crippen molar-refractivity contribution in [3.05, 3.63) is 0 Å². The molecule has 0 bridgehead atoms. The van der Waals surface area contributed by atoms with Crippen LogP contribution in [-0.2, 0) is 4.79 Å². The molecule has 0 saturated heterocycles. The fraction of sp³-hybridized carbons (Fsp3) is 0.933. The number of ketones is 1. The molecule has 0 aromatic carbocycles. The lowest BCUT2D eigenvalue weighted by molar-refractivity contribution is -0.119. The van der Waals surface area contributed by atoms with Crippen molar-refractivity contribution < 1.29 is 4.79 Å². The molecular weight excluding hydrogens is 196 g/mol. The lowest BCUT2D eigenvalue weighted by atomic mass is 10.0. The van der Waals surface area contributed by atoms with E-state index >= 15 is 0 Å². The highest BCUT2D eigenvalue weighted by molar-refractivity contribution is 5.78. The maximum atomic E-state index is 11.3. The van der Waals surface area contributed by atoms with E-state index in [-0.39, 0.29) is 0 Å². The number of carbonyl (C=O) groups is 1. The molecule has 0 aromatic rings. The number of rotatable bonds is 12. The minimum absolute atomic E-state index is 0.463. The quantitative estimate of drug-likeness (QED) is 0.414. The van der Waals surface area contributed by atoms with Crippen LogP contribution in [0.1, 0.15) is 90.9 Å². The van der Waals surface area contributed by atoms with Crippen molar-refractivity contribution in [3.63, 3.8) is 0 Å². The first-order valence-corrected chi connectivity index (χ1v) is 7.33. The molecule has 0 spiro atoms. The van der Waals surface area contributed by atoms with Gasteiger partial charge in [0.1, 0.15) is 5.78 Å². The molecule has 0 fully saturated rings. The maximum Gasteiger partial charge on any atom is 0.132 e. The van der Waals surface area contributed by atoms with E-state index < -0.39 is 0 Å². The van der Waals surface area contributed by atoms with Crippen LogP contribution >= 0.6 is 0 Å². The summed E-state index contributed by atoms with van der Waals surface area (Å²) >= 11 is 0. The Labute approximate surface area is 102 Å². The first kappa shape index (κ1) is 15.7. The standard InChI is InChI=1S/C15H30O/c1-3-5-6-7-8-9-10-11-12-14-15(16)13-4-2/h3-14H2,1-2H3. The topological polar surface area (TPSA) is 17.1 Å². The molecule has 0 rings (SSSR count). The van der Waals surface area contributed by atoms with Crippen LogP contribution in [0.5, 0.6) is 0 Å². The highest BCUT2D eigenvalue weighted by atomic mass is 16.1. The van der Waals surface area contributed by atoms with Crippen LogP contribution in [0.3, 0.4) is 0 Å². The molecule has 0 radical (unpaired) electrons. The van der Waals surface area contributed by atoms with Gasteiger partial charge in [0.25, 0.3) is 0 Å². The van der Waals surface area contributed by atoms with Gasteiger partial charge < -0.3 is 0 Å². The van der Waals surface area contributed by atoms with Crippen molar-refractivity contribution in [2.45, 2.75) is 90.9 Å². The zero-order valence-corrected chi connectivity index (χ0v) is 11.4. The van der Waals surface area contributed by atoms with Gasteiger partial charge in [0, 0.05) is 12.8 Å². The molecule has 1 heteroatoms. The summed E-state index contributed by atoms with van der Waals surface area (Å²) in [4.78, 5) is 11.3. The predicted molar refractivity (Wildman–Crippen MR) is 71.8 cm³/mol. The van der Waals surface area contributed by atoms with Crippen LogP contribution in [0.4, 0.5) is 0 Å². The van der Waals surface area contributed by atoms with Crippen molar-refractivity contribution in [1.82, 2.24) is 0 Å². The van der Waals surface area contributed by atoms with Crippen LogP contribution in [0.25, 0.3) is 0 Å². The highest BCUT2D eigenvalue weighted by Gasteiger charge is 1.99. The number of hydrogen-bond acceptors (Lipinski definition) is 1. The Morgan fingerprint density at radius 1 is 0.625 bits per heavy atom. The Hall–Kier alpha value is -0.330. The van der Waals surface area contributed by atoms with E-state index in [9.17, 15) is 4.79 Å². The zero-order chi connectivity index (χ0) is 12.1. The monoisotopic (exact) mass is 226 g/mol. The molecule has 0 amide bonds. The van der Waals surface area contributed by atoms with Gasteiger partial charge in [0.15, 0.2) is 0 Å². The summed E-state index contributed by atoms with van der Waals surface area (Å²) in [6, 6.07) is 0. The molecular formula is C15H30O. The number of Topliss-reactive ketones (excluding diaryl/α,β-unsaturated/α-hetero) is 1. The normalized spacial score (nSPS) is 10.6. The second-order valence-electron chi connectivity index (χ2n) is 4.87. The average Bonchev–Trinajstić information content (AvgIpc) is 2.27. The van der Waals surface area contributed by atoms with Gasteiger partial charge in [-0.2, -0.15) is 0 Å². The lowest BCUT2D eigenvalue weighted by Gasteiger charge is -2.01. The van der Waals surface area contributed by atoms with Crippen molar-refractivity contribution in [2.75, 3.05) is 0 Å². The number of unbranched alkanes of at least 4 members (excludes halogenated alkanes) is 8. The van der Waals surface area contributed by atoms with E-state index in [1.165, 1.54) is 51.4 Å². The molecule has 0 aliphatic carbocycles. The first-order valence-electron chi connectivity index (χ1n) is 7.33. The third-order valence-electron chi connectivity index (χ3n) is 3.09. The molecule has 0 aliphatic heterocycles. The fourth-order valence-electron chi connectivity index (χ4n) is 2.04. The molecule has 0 aromatic heterocycles. The minimum Gasteiger partial charge on any atom is -0.300 e. The molecule has 0 unspecified atom stereocenters. The van der Waals surface area contributed by atoms with E-state index in [1.54, 1.807) is 0 Å². The molecule has 1 nitrogen and oxygen atoms in total. The SMILES string of the molecule is CCCCCCCCCCCC(=O)CCC. The molecule has 0 aliphatic rings. The average molecular weight is 226 g/mol. The van der Waals surface area contributed by atoms with Crippen LogP contribution in [0, 0.1) is 0 Å². The van der Waals surface area contributed by atoms with Crippen LogP contribution in [-0.4, -0.2) is 5.78 Å². The molecule has 0 saturated carbocycles. The van der Waals surface area contributed by atoms with E-state index in [4.69, 9.17) is 0 Å². The van der Waals surface area contributed by atoms with Gasteiger partial charge in [0.2, 0.25) is 0 Å². The smallest absolute Gasteiger partial charge is 0.132 e. The number of hydrogen-bond donors (Lipinski definition) is 0. The van der Waals surface area contributed by atoms with Crippen molar-refractivity contribution in [1.29, 1.82) is 0 Å². The second-order valence-corrected chi connectivity index (χ2v) is 4.87. The van der Waals surface area contributed by atoms with E-state index in [1.807, 2.05) is 0 Å². The predicted octanol–water partition coefficient (Wildman–Crippen LogP) is 5.28. The summed E-state index contributed by atoms with van der Waals surface area (Å²) in [6.07, 6.45) is 14.6. The van der Waals surface area contributed by atoms with E-state index in [0.29, 0.717) is 5.78 Å². The van der Waals surface area contributed by atoms with Gasteiger partial charge >= 0.3 is 0 Å². The van der Waals surface area contributed by atoms with E-state index in [0.717, 1.165) is 25.7 Å². The van der Waals surface area contributed by atoms with Crippen molar-refractivity contribution >= 4 is 5.78 Å². The van der Waals surface area contributed by atoms with Crippen LogP contribution < -0.4 is 0 Å². The summed E-state index contributed by atoms with van der Waals surface area (Å²) in [5.74, 6) is 0.463. The van der Waals surface area contributed by atoms with Gasteiger partial charge in [-0.05, 0) is 12.8 Å². The minimum atomic E-state index is 0.463. The fourth-order valence-corrected chi connectivity index (χ4v) is 2.04. The van der Waals surface area contributed by atoms with Crippen LogP contribution in [0.15, 0.2) is 0 Å². The maximum absolute atomic E-state index is 11.3. The Bertz CT molecular complexity index is 152. The molecule has 16 heavy (non-hydrogen) atoms. The van der Waals surface area contributed by atoms with Crippen LogP contribution in [0.2, 0.25) is 0 Å². The summed E-state index contributed by atoms with van der Waals surface area (Å²) in [5.41, 5.74) is 0. The molecule has 96 valence electrons. The van der Waals surface area contributed by atoms with Gasteiger partial charge in [-0.1, -0.05) is 65.2 Å². The van der Waals surface area contributed by atoms with Crippen molar-refractivity contribution in [2.24, 2.45) is 0 Å². The van der Waals surface area contributed by atoms with Gasteiger partial charge in [-0.3, -0.25) is 4.79 Å². The third kappa shape index (κ3) is 11.7. The van der Waals surface area contributed by atoms with Crippen molar-refractivity contribution in [3.8, 4) is 0 Å². The zero-order valence-electron chi connectivity index (χ0n) is 11.4. The number of carbonyl (C=O) groups excluding carboxylic acids is 1. The largest absolute Gasteiger partial charge is 0.300 e. The Kier molecular flexibility index (Phi) is 12.5. The lowest BCUT2D eigenvalue weighted by Crippen LogP contribution is -1.96. The molecule has 0 atom stereocenters. The first-order chi connectivity index (χ1) is 7.81. The Morgan fingerprint density at radius 2 is 1.12 bits per heavy atom. The highest BCUT2D eigenvalue weighted by Crippen LogP contribution is 2.11. The summed E-state index contributed by atoms with van der Waals surface area (Å²) in [7, 11) is 0. The molecule has 0 heterocycles. The van der Waals surface area contributed by atoms with E-state index in [2.05, 4.69) is 13.8 Å². The van der Waals surface area contributed by atoms with Gasteiger partial charge in [-0.15, -0.1) is 0 Å².